The summed E-state index contributed by atoms with van der Waals surface area (Å²) >= 11 is 0. The van der Waals surface area contributed by atoms with Crippen molar-refractivity contribution in [1.82, 2.24) is 15.0 Å². The second-order valence-electron chi connectivity index (χ2n) is 38.6. The topological polar surface area (TPSA) is 44.5 Å². The first kappa shape index (κ1) is 97.5. The van der Waals surface area contributed by atoms with Crippen LogP contribution < -0.4 is 0 Å². The van der Waals surface area contributed by atoms with Gasteiger partial charge in [0, 0.05) is 29.0 Å². The van der Waals surface area contributed by atoms with Gasteiger partial charge >= 0.3 is 0 Å². The standard InChI is InChI=1S/C17H20.C16H18.2C14H16.C13H17N.C12H18.C11H16.C10H20.C8H14N2/c1-14(2)8-9-15-10-12-17(13-11-15)16-6-4-3-5-7-16;1-13(2)12-14-8-10-16(11-9-14)15-6-4-3-5-7-15;1-11(2)10-13-8-5-7-12-6-3-4-9-14(12)13;1-11(2)9-12-7-8-13-5-3-4-6-14(13)10-12;1-13(2,3)8-10-9-14-12-7-5-4-6-11(10)12;1-10(2)4-7-12-8-5-11(3)6-9-12;1-10(2)8-9-11-6-4-3-5-7-11;1-9(2)8-10-6-4-3-5-7-10;1-8(2,3)4-7-5-9-6-10-7/h3-7,10-14H,8-9H2,1-2H3;3-11,13H,12H2,1-2H3;3-9,11H,10H2,1-2H3;3-8,10-11H,9H2,1-2H3;4-7,9,14H,8H2,1-3H3;5-6,8-10H,4,7H2,1-3H3;3-7,10H,8-9H2,1-2H3;9-10H,3-8H2,1-2H3;5-6H,4H2,1-3H3,(H,9,10). The average molecular weight is 1580 g/mol. The van der Waals surface area contributed by atoms with Crippen molar-refractivity contribution in [3.8, 4) is 22.3 Å². The van der Waals surface area contributed by atoms with Gasteiger partial charge in [0.2, 0.25) is 0 Å². The zero-order chi connectivity index (χ0) is 85.7. The fourth-order valence-corrected chi connectivity index (χ4v) is 14.8. The summed E-state index contributed by atoms with van der Waals surface area (Å²) in [7, 11) is 0. The van der Waals surface area contributed by atoms with Crippen LogP contribution in [0.5, 0.6) is 0 Å². The number of aromatic nitrogens is 3. The third-order valence-electron chi connectivity index (χ3n) is 20.9. The number of H-pyrrole nitrogens is 2. The van der Waals surface area contributed by atoms with Crippen LogP contribution in [0.2, 0.25) is 0 Å². The quantitative estimate of drug-likeness (QED) is 0.0740. The molecular weight excluding hydrogens is 1420 g/mol. The molecule has 14 rings (SSSR count). The molecule has 0 spiro atoms. The number of fused-ring (bicyclic) bond motifs is 3. The minimum Gasteiger partial charge on any atom is -0.361 e. The highest BCUT2D eigenvalue weighted by Crippen LogP contribution is 2.31. The lowest BCUT2D eigenvalue weighted by molar-refractivity contribution is 0.305. The molecule has 0 atom stereocenters. The Morgan fingerprint density at radius 2 is 0.746 bits per heavy atom. The predicted molar refractivity (Wildman–Crippen MR) is 524 cm³/mol. The van der Waals surface area contributed by atoms with Crippen LogP contribution in [-0.2, 0) is 51.4 Å². The normalized spacial score (nSPS) is 12.0. The van der Waals surface area contributed by atoms with Gasteiger partial charge in [0.05, 0.1) is 6.33 Å². The molecule has 2 aromatic heterocycles. The summed E-state index contributed by atoms with van der Waals surface area (Å²) in [6.45, 7) is 47.5. The molecule has 0 amide bonds. The van der Waals surface area contributed by atoms with Crippen LogP contribution in [0.15, 0.2) is 292 Å². The van der Waals surface area contributed by atoms with Gasteiger partial charge in [-0.05, 0) is 231 Å². The number of nitrogens with one attached hydrogen (secondary N) is 2. The molecule has 2 heterocycles. The molecule has 0 aliphatic heterocycles. The molecule has 2 N–H and O–H groups in total. The number of hydrogen-bond donors (Lipinski definition) is 2. The molecule has 13 aromatic rings. The van der Waals surface area contributed by atoms with Crippen molar-refractivity contribution in [3.63, 3.8) is 0 Å². The highest BCUT2D eigenvalue weighted by molar-refractivity contribution is 5.86. The molecule has 0 unspecified atom stereocenters. The largest absolute Gasteiger partial charge is 0.361 e. The summed E-state index contributed by atoms with van der Waals surface area (Å²) < 4.78 is 0. The number of aryl methyl sites for hydroxylation is 4. The van der Waals surface area contributed by atoms with E-state index in [2.05, 4.69) is 440 Å². The first-order chi connectivity index (χ1) is 56.4. The van der Waals surface area contributed by atoms with Crippen molar-refractivity contribution in [1.29, 1.82) is 0 Å². The lowest BCUT2D eigenvalue weighted by Crippen LogP contribution is -2.09. The van der Waals surface area contributed by atoms with E-state index < -0.39 is 0 Å². The summed E-state index contributed by atoms with van der Waals surface area (Å²) in [6.07, 6.45) is 27.9. The lowest BCUT2D eigenvalue weighted by Gasteiger charge is -2.22. The Balaban J connectivity index is 0.000000207. The van der Waals surface area contributed by atoms with Crippen molar-refractivity contribution >= 4 is 32.4 Å². The van der Waals surface area contributed by atoms with E-state index in [9.17, 15) is 0 Å². The van der Waals surface area contributed by atoms with E-state index in [4.69, 9.17) is 0 Å². The minimum atomic E-state index is 0.352. The number of hydrogen-bond acceptors (Lipinski definition) is 1. The smallest absolute Gasteiger partial charge is 0.0921 e. The van der Waals surface area contributed by atoms with E-state index in [1.165, 1.54) is 195 Å². The summed E-state index contributed by atoms with van der Waals surface area (Å²) in [5.41, 5.74) is 19.8. The molecule has 1 saturated carbocycles. The van der Waals surface area contributed by atoms with Crippen LogP contribution in [-0.4, -0.2) is 15.0 Å². The highest BCUT2D eigenvalue weighted by atomic mass is 14.9. The highest BCUT2D eigenvalue weighted by Gasteiger charge is 2.16. The second-order valence-corrected chi connectivity index (χ2v) is 38.6. The van der Waals surface area contributed by atoms with Crippen molar-refractivity contribution in [3.05, 3.63) is 342 Å². The number of para-hydroxylation sites is 1. The summed E-state index contributed by atoms with van der Waals surface area (Å²) in [5.74, 6) is 6.58. The van der Waals surface area contributed by atoms with Gasteiger partial charge in [-0.2, -0.15) is 0 Å². The van der Waals surface area contributed by atoms with Crippen LogP contribution in [0, 0.1) is 65.1 Å². The SMILES string of the molecule is CC(C)(C)Cc1c[nH]c2ccccc12.CC(C)(C)Cc1cnc[nH]1.CC(C)CC1CCCCC1.CC(C)CCc1ccc(-c2ccccc2)cc1.CC(C)CCc1ccccc1.CC(C)Cc1ccc(-c2ccccc2)cc1.CC(C)Cc1ccc2ccccc2c1.CC(C)Cc1cccc2ccccc12.Cc1ccc(CCC(C)C)cc1. The zero-order valence-electron chi connectivity index (χ0n) is 77.3. The Kier molecular flexibility index (Phi) is 44.0. The van der Waals surface area contributed by atoms with Gasteiger partial charge in [-0.3, -0.25) is 0 Å². The number of nitrogens with zero attached hydrogens (tertiary/aromatic N) is 1. The Hall–Kier alpha value is -9.31. The first-order valence-corrected chi connectivity index (χ1v) is 45.3. The number of rotatable bonds is 21. The third-order valence-corrected chi connectivity index (χ3v) is 20.9. The Morgan fingerprint density at radius 1 is 0.331 bits per heavy atom. The van der Waals surface area contributed by atoms with Crippen molar-refractivity contribution in [2.75, 3.05) is 0 Å². The molecule has 0 bridgehead atoms. The van der Waals surface area contributed by atoms with E-state index in [1.807, 2.05) is 6.20 Å². The number of imidazole rings is 1. The Labute approximate surface area is 719 Å². The van der Waals surface area contributed by atoms with E-state index in [0.29, 0.717) is 10.8 Å². The van der Waals surface area contributed by atoms with E-state index in [-0.39, 0.29) is 0 Å². The summed E-state index contributed by atoms with van der Waals surface area (Å²) in [4.78, 5) is 10.3. The van der Waals surface area contributed by atoms with Crippen LogP contribution in [0.1, 0.15) is 246 Å². The number of benzene rings is 11. The van der Waals surface area contributed by atoms with E-state index >= 15 is 0 Å². The van der Waals surface area contributed by atoms with Crippen LogP contribution in [0.3, 0.4) is 0 Å². The fraction of sp³-hybridized carbons (Fsp3) is 0.417. The van der Waals surface area contributed by atoms with Crippen LogP contribution in [0.25, 0.3) is 54.7 Å². The van der Waals surface area contributed by atoms with Gasteiger partial charge in [0.25, 0.3) is 0 Å². The van der Waals surface area contributed by atoms with Crippen LogP contribution in [0.4, 0.5) is 0 Å². The first-order valence-electron chi connectivity index (χ1n) is 45.3. The van der Waals surface area contributed by atoms with Gasteiger partial charge in [-0.15, -0.1) is 0 Å². The molecule has 0 saturated heterocycles. The molecule has 11 aromatic carbocycles. The Morgan fingerprint density at radius 3 is 1.23 bits per heavy atom. The Bertz CT molecular complexity index is 4670. The molecule has 630 valence electrons. The summed E-state index contributed by atoms with van der Waals surface area (Å²) in [5, 5.41) is 6.81. The van der Waals surface area contributed by atoms with Crippen molar-refractivity contribution < 1.29 is 0 Å². The van der Waals surface area contributed by atoms with Crippen LogP contribution >= 0.6 is 0 Å². The fourth-order valence-electron chi connectivity index (χ4n) is 14.8. The van der Waals surface area contributed by atoms with E-state index in [1.54, 1.807) is 6.33 Å². The third kappa shape index (κ3) is 41.4. The number of aromatic amines is 2. The maximum absolute atomic E-state index is 3.95. The van der Waals surface area contributed by atoms with Gasteiger partial charge in [0.15, 0.2) is 0 Å². The van der Waals surface area contributed by atoms with Crippen molar-refractivity contribution in [2.24, 2.45) is 58.2 Å². The molecule has 118 heavy (non-hydrogen) atoms. The van der Waals surface area contributed by atoms with Gasteiger partial charge < -0.3 is 9.97 Å². The van der Waals surface area contributed by atoms with Crippen molar-refractivity contribution in [2.45, 2.75) is 255 Å². The molecule has 1 fully saturated rings. The molecule has 1 aliphatic rings. The molecule has 3 heteroatoms. The molecule has 3 nitrogen and oxygen atoms in total. The van der Waals surface area contributed by atoms with Gasteiger partial charge in [-0.25, -0.2) is 4.98 Å². The lowest BCUT2D eigenvalue weighted by atomic mass is 9.84. The predicted octanol–water partition coefficient (Wildman–Crippen LogP) is 33.8. The minimum absolute atomic E-state index is 0.352. The maximum atomic E-state index is 3.95. The average Bonchev–Trinajstić information content (AvgIpc) is 1.63. The monoisotopic (exact) mass is 1580 g/mol. The molecule has 1 aliphatic carbocycles. The van der Waals surface area contributed by atoms with Gasteiger partial charge in [-0.1, -0.05) is 443 Å². The molecule has 0 radical (unpaired) electrons. The maximum Gasteiger partial charge on any atom is 0.0921 e. The van der Waals surface area contributed by atoms with E-state index in [0.717, 1.165) is 66.6 Å². The van der Waals surface area contributed by atoms with Gasteiger partial charge in [0.1, 0.15) is 0 Å². The molecular formula is C115H155N3. The second kappa shape index (κ2) is 53.3. The zero-order valence-corrected chi connectivity index (χ0v) is 77.3. The summed E-state index contributed by atoms with van der Waals surface area (Å²) in [6, 6.07) is 97.4.